The number of carbonyl (C=O) groups excluding carboxylic acids is 1. The van der Waals surface area contributed by atoms with Crippen LogP contribution < -0.4 is 11.0 Å². The summed E-state index contributed by atoms with van der Waals surface area (Å²) in [5.41, 5.74) is 2.31. The summed E-state index contributed by atoms with van der Waals surface area (Å²) in [5.74, 6) is -1.02. The van der Waals surface area contributed by atoms with E-state index in [2.05, 4.69) is 0 Å². The van der Waals surface area contributed by atoms with Crippen LogP contribution in [-0.2, 0) is 17.8 Å². The Kier molecular flexibility index (Phi) is 5.21. The minimum absolute atomic E-state index is 0.263. The van der Waals surface area contributed by atoms with Gasteiger partial charge in [0.05, 0.1) is 0 Å². The van der Waals surface area contributed by atoms with Gasteiger partial charge in [0.25, 0.3) is 11.5 Å². The van der Waals surface area contributed by atoms with Gasteiger partial charge >= 0.3 is 0 Å². The summed E-state index contributed by atoms with van der Waals surface area (Å²) in [5, 5.41) is 8.40. The van der Waals surface area contributed by atoms with E-state index in [1.807, 2.05) is 0 Å². The van der Waals surface area contributed by atoms with Gasteiger partial charge < -0.3 is 4.57 Å². The molecule has 0 spiro atoms. The van der Waals surface area contributed by atoms with Gasteiger partial charge in [-0.1, -0.05) is 12.1 Å². The number of hydroxylamine groups is 1. The average molecular weight is 302 g/mol. The SMILES string of the molecule is O=C(/C=C/c1cccn(CCc2cccc(F)c2)c1=O)NO. The minimum Gasteiger partial charge on any atom is -0.315 e. The molecule has 0 aliphatic carbocycles. The van der Waals surface area contributed by atoms with Crippen LogP contribution in [0.25, 0.3) is 6.08 Å². The maximum Gasteiger partial charge on any atom is 0.267 e. The number of carbonyl (C=O) groups is 1. The normalized spacial score (nSPS) is 10.8. The highest BCUT2D eigenvalue weighted by molar-refractivity contribution is 5.90. The van der Waals surface area contributed by atoms with Crippen molar-refractivity contribution in [2.75, 3.05) is 0 Å². The molecule has 1 aromatic carbocycles. The summed E-state index contributed by atoms with van der Waals surface area (Å²) < 4.78 is 14.6. The third-order valence-electron chi connectivity index (χ3n) is 3.10. The Balaban J connectivity index is 2.14. The molecule has 0 saturated heterocycles. The summed E-state index contributed by atoms with van der Waals surface area (Å²) in [6.45, 7) is 0.399. The Morgan fingerprint density at radius 3 is 2.86 bits per heavy atom. The molecule has 0 bridgehead atoms. The number of hydrogen-bond donors (Lipinski definition) is 2. The van der Waals surface area contributed by atoms with Gasteiger partial charge in [-0.3, -0.25) is 14.8 Å². The lowest BCUT2D eigenvalue weighted by Gasteiger charge is -2.07. The number of aromatic nitrogens is 1. The second-order valence-corrected chi connectivity index (χ2v) is 4.65. The number of pyridine rings is 1. The molecular weight excluding hydrogens is 287 g/mol. The minimum atomic E-state index is -0.713. The number of halogens is 1. The zero-order valence-electron chi connectivity index (χ0n) is 11.7. The Morgan fingerprint density at radius 1 is 1.32 bits per heavy atom. The summed E-state index contributed by atoms with van der Waals surface area (Å²) in [4.78, 5) is 23.1. The van der Waals surface area contributed by atoms with Gasteiger partial charge in [0, 0.05) is 24.4 Å². The van der Waals surface area contributed by atoms with E-state index < -0.39 is 5.91 Å². The van der Waals surface area contributed by atoms with Gasteiger partial charge in [0.2, 0.25) is 0 Å². The van der Waals surface area contributed by atoms with E-state index in [1.54, 1.807) is 30.5 Å². The summed E-state index contributed by atoms with van der Waals surface area (Å²) >= 11 is 0. The molecule has 1 heterocycles. The van der Waals surface area contributed by atoms with Gasteiger partial charge in [-0.15, -0.1) is 0 Å². The van der Waals surface area contributed by atoms with Crippen LogP contribution in [0.2, 0.25) is 0 Å². The van der Waals surface area contributed by atoms with E-state index >= 15 is 0 Å². The maximum atomic E-state index is 13.1. The predicted octanol–water partition coefficient (Wildman–Crippen LogP) is 1.75. The number of amides is 1. The Morgan fingerprint density at radius 2 is 2.14 bits per heavy atom. The Bertz CT molecular complexity index is 753. The van der Waals surface area contributed by atoms with Crippen LogP contribution in [0.15, 0.2) is 53.5 Å². The molecule has 0 unspecified atom stereocenters. The molecule has 22 heavy (non-hydrogen) atoms. The fourth-order valence-electron chi connectivity index (χ4n) is 2.00. The van der Waals surface area contributed by atoms with E-state index in [-0.39, 0.29) is 11.4 Å². The highest BCUT2D eigenvalue weighted by atomic mass is 19.1. The first-order valence-corrected chi connectivity index (χ1v) is 6.66. The average Bonchev–Trinajstić information content (AvgIpc) is 2.52. The highest BCUT2D eigenvalue weighted by Crippen LogP contribution is 2.05. The third kappa shape index (κ3) is 4.13. The molecule has 0 saturated carbocycles. The molecule has 1 amide bonds. The second-order valence-electron chi connectivity index (χ2n) is 4.65. The predicted molar refractivity (Wildman–Crippen MR) is 79.8 cm³/mol. The van der Waals surface area contributed by atoms with Crippen LogP contribution in [0, 0.1) is 5.82 Å². The lowest BCUT2D eigenvalue weighted by molar-refractivity contribution is -0.124. The maximum absolute atomic E-state index is 13.1. The van der Waals surface area contributed by atoms with Crippen LogP contribution in [0.5, 0.6) is 0 Å². The van der Waals surface area contributed by atoms with Gasteiger partial charge in [-0.2, -0.15) is 0 Å². The van der Waals surface area contributed by atoms with Crippen molar-refractivity contribution in [2.24, 2.45) is 0 Å². The van der Waals surface area contributed by atoms with Crippen molar-refractivity contribution in [3.63, 3.8) is 0 Å². The fraction of sp³-hybridized carbons (Fsp3) is 0.125. The monoisotopic (exact) mass is 302 g/mol. The summed E-state index contributed by atoms with van der Waals surface area (Å²) in [7, 11) is 0. The van der Waals surface area contributed by atoms with Crippen molar-refractivity contribution in [3.05, 3.63) is 76.0 Å². The van der Waals surface area contributed by atoms with Crippen molar-refractivity contribution < 1.29 is 14.4 Å². The summed E-state index contributed by atoms with van der Waals surface area (Å²) in [6, 6.07) is 9.48. The largest absolute Gasteiger partial charge is 0.315 e. The van der Waals surface area contributed by atoms with E-state index in [0.717, 1.165) is 11.6 Å². The van der Waals surface area contributed by atoms with Crippen LogP contribution in [0.1, 0.15) is 11.1 Å². The topological polar surface area (TPSA) is 71.3 Å². The first-order valence-electron chi connectivity index (χ1n) is 6.66. The van der Waals surface area contributed by atoms with Crippen molar-refractivity contribution in [1.29, 1.82) is 0 Å². The van der Waals surface area contributed by atoms with Crippen LogP contribution in [0.4, 0.5) is 4.39 Å². The lowest BCUT2D eigenvalue weighted by atomic mass is 10.1. The van der Waals surface area contributed by atoms with Crippen molar-refractivity contribution in [2.45, 2.75) is 13.0 Å². The first kappa shape index (κ1) is 15.7. The smallest absolute Gasteiger partial charge is 0.267 e. The number of nitrogens with zero attached hydrogens (tertiary/aromatic N) is 1. The Hall–Kier alpha value is -2.73. The number of nitrogens with one attached hydrogen (secondary N) is 1. The van der Waals surface area contributed by atoms with Crippen molar-refractivity contribution >= 4 is 12.0 Å². The standard InChI is InChI=1S/C16H15FN2O3/c17-14-5-1-3-12(11-14)8-10-19-9-2-4-13(16(19)21)6-7-15(20)18-22/h1-7,9,11,22H,8,10H2,(H,18,20)/b7-6+. The van der Waals surface area contributed by atoms with Crippen molar-refractivity contribution in [3.8, 4) is 0 Å². The fourth-order valence-corrected chi connectivity index (χ4v) is 2.00. The number of rotatable bonds is 5. The highest BCUT2D eigenvalue weighted by Gasteiger charge is 2.02. The van der Waals surface area contributed by atoms with Crippen LogP contribution >= 0.6 is 0 Å². The molecule has 0 radical (unpaired) electrons. The van der Waals surface area contributed by atoms with Crippen LogP contribution in [0.3, 0.4) is 0 Å². The quantitative estimate of drug-likeness (QED) is 0.502. The first-order chi connectivity index (χ1) is 10.6. The van der Waals surface area contributed by atoms with Gasteiger partial charge in [0.15, 0.2) is 0 Å². The van der Waals surface area contributed by atoms with E-state index in [9.17, 15) is 14.0 Å². The molecule has 0 atom stereocenters. The molecule has 0 aliphatic heterocycles. The van der Waals surface area contributed by atoms with E-state index in [1.165, 1.54) is 28.3 Å². The zero-order valence-corrected chi connectivity index (χ0v) is 11.7. The molecule has 2 rings (SSSR count). The van der Waals surface area contributed by atoms with Crippen molar-refractivity contribution in [1.82, 2.24) is 10.0 Å². The lowest BCUT2D eigenvalue weighted by Crippen LogP contribution is -2.22. The Labute approximate surface area is 126 Å². The number of aryl methyl sites for hydroxylation is 2. The molecule has 2 aromatic rings. The zero-order chi connectivity index (χ0) is 15.9. The van der Waals surface area contributed by atoms with Gasteiger partial charge in [-0.05, 0) is 42.3 Å². The molecule has 0 aliphatic rings. The number of hydrogen-bond acceptors (Lipinski definition) is 3. The third-order valence-corrected chi connectivity index (χ3v) is 3.10. The molecule has 1 aromatic heterocycles. The van der Waals surface area contributed by atoms with E-state index in [0.29, 0.717) is 18.5 Å². The second kappa shape index (κ2) is 7.33. The number of benzene rings is 1. The van der Waals surface area contributed by atoms with Crippen LogP contribution in [-0.4, -0.2) is 15.7 Å². The van der Waals surface area contributed by atoms with E-state index in [4.69, 9.17) is 5.21 Å². The molecule has 0 fully saturated rings. The molecular formula is C16H15FN2O3. The summed E-state index contributed by atoms with van der Waals surface area (Å²) in [6.07, 6.45) is 4.53. The molecule has 5 nitrogen and oxygen atoms in total. The molecule has 6 heteroatoms. The molecule has 2 N–H and O–H groups in total. The van der Waals surface area contributed by atoms with Gasteiger partial charge in [-0.25, -0.2) is 9.87 Å². The molecule has 114 valence electrons. The van der Waals surface area contributed by atoms with Gasteiger partial charge in [0.1, 0.15) is 5.82 Å².